The first kappa shape index (κ1) is 14.2. The van der Waals surface area contributed by atoms with E-state index in [1.807, 2.05) is 0 Å². The average Bonchev–Trinajstić information content (AvgIpc) is 2.30. The summed E-state index contributed by atoms with van der Waals surface area (Å²) < 4.78 is 0. The zero-order valence-electron chi connectivity index (χ0n) is 11.9. The minimum absolute atomic E-state index is 0.543. The van der Waals surface area contributed by atoms with Gasteiger partial charge in [0.2, 0.25) is 0 Å². The van der Waals surface area contributed by atoms with E-state index in [9.17, 15) is 0 Å². The summed E-state index contributed by atoms with van der Waals surface area (Å²) in [7, 11) is 2.18. The minimum Gasteiger partial charge on any atom is -0.330 e. The Morgan fingerprint density at radius 1 is 1.18 bits per heavy atom. The van der Waals surface area contributed by atoms with E-state index in [1.54, 1.807) is 0 Å². The third-order valence-electron chi connectivity index (χ3n) is 3.93. The lowest BCUT2D eigenvalue weighted by atomic mass is 9.98. The smallest absolute Gasteiger partial charge is 0.0236 e. The second-order valence-corrected chi connectivity index (χ2v) is 5.13. The van der Waals surface area contributed by atoms with Crippen molar-refractivity contribution in [1.82, 2.24) is 4.90 Å². The molecule has 0 aliphatic carbocycles. The van der Waals surface area contributed by atoms with E-state index in [0.29, 0.717) is 6.04 Å². The van der Waals surface area contributed by atoms with E-state index in [1.165, 1.54) is 22.3 Å². The molecule has 0 bridgehead atoms. The van der Waals surface area contributed by atoms with Crippen LogP contribution in [0.5, 0.6) is 0 Å². The topological polar surface area (TPSA) is 29.3 Å². The van der Waals surface area contributed by atoms with Gasteiger partial charge in [-0.3, -0.25) is 4.90 Å². The van der Waals surface area contributed by atoms with Gasteiger partial charge < -0.3 is 5.73 Å². The summed E-state index contributed by atoms with van der Waals surface area (Å²) in [5.74, 6) is 0. The molecule has 0 aliphatic heterocycles. The SMILES string of the molecule is Cc1ccc(CN(C)C(C)CCN)c(C)c1C. The fourth-order valence-corrected chi connectivity index (χ4v) is 2.07. The summed E-state index contributed by atoms with van der Waals surface area (Å²) in [4.78, 5) is 2.38. The molecule has 0 heterocycles. The van der Waals surface area contributed by atoms with Crippen LogP contribution in [0.2, 0.25) is 0 Å². The van der Waals surface area contributed by atoms with Crippen molar-refractivity contribution in [1.29, 1.82) is 0 Å². The number of hydrogen-bond acceptors (Lipinski definition) is 2. The number of rotatable bonds is 5. The van der Waals surface area contributed by atoms with Crippen molar-refractivity contribution in [2.75, 3.05) is 13.6 Å². The molecule has 1 rings (SSSR count). The van der Waals surface area contributed by atoms with Crippen LogP contribution in [0, 0.1) is 20.8 Å². The molecule has 0 fully saturated rings. The molecule has 0 radical (unpaired) electrons. The first-order chi connectivity index (χ1) is 7.97. The lowest BCUT2D eigenvalue weighted by Gasteiger charge is -2.25. The van der Waals surface area contributed by atoms with Gasteiger partial charge in [0.15, 0.2) is 0 Å². The van der Waals surface area contributed by atoms with Crippen LogP contribution >= 0.6 is 0 Å². The third kappa shape index (κ3) is 3.55. The van der Waals surface area contributed by atoms with Gasteiger partial charge in [0.05, 0.1) is 0 Å². The number of hydrogen-bond donors (Lipinski definition) is 1. The fourth-order valence-electron chi connectivity index (χ4n) is 2.07. The molecule has 0 amide bonds. The number of benzene rings is 1. The lowest BCUT2D eigenvalue weighted by Crippen LogP contribution is -2.30. The Bertz CT molecular complexity index is 371. The maximum absolute atomic E-state index is 5.61. The predicted molar refractivity (Wildman–Crippen MR) is 75.3 cm³/mol. The Hall–Kier alpha value is -0.860. The average molecular weight is 234 g/mol. The van der Waals surface area contributed by atoms with Gasteiger partial charge in [-0.05, 0) is 70.0 Å². The van der Waals surface area contributed by atoms with Crippen LogP contribution in [0.1, 0.15) is 35.6 Å². The zero-order valence-corrected chi connectivity index (χ0v) is 11.9. The molecule has 1 unspecified atom stereocenters. The molecule has 0 aliphatic rings. The van der Waals surface area contributed by atoms with E-state index in [0.717, 1.165) is 19.5 Å². The van der Waals surface area contributed by atoms with Crippen LogP contribution in [-0.4, -0.2) is 24.5 Å². The molecule has 0 spiro atoms. The van der Waals surface area contributed by atoms with Gasteiger partial charge in [0, 0.05) is 12.6 Å². The minimum atomic E-state index is 0.543. The quantitative estimate of drug-likeness (QED) is 0.849. The molecule has 0 aromatic heterocycles. The van der Waals surface area contributed by atoms with E-state index < -0.39 is 0 Å². The molecular formula is C15H26N2. The van der Waals surface area contributed by atoms with Crippen molar-refractivity contribution in [2.24, 2.45) is 5.73 Å². The Labute approximate surface area is 106 Å². The van der Waals surface area contributed by atoms with E-state index in [-0.39, 0.29) is 0 Å². The second kappa shape index (κ2) is 6.18. The molecule has 2 N–H and O–H groups in total. The molecule has 1 aromatic carbocycles. The number of nitrogens with zero attached hydrogens (tertiary/aromatic N) is 1. The van der Waals surface area contributed by atoms with Gasteiger partial charge in [0.25, 0.3) is 0 Å². The Kier molecular flexibility index (Phi) is 5.16. The summed E-state index contributed by atoms with van der Waals surface area (Å²) in [5.41, 5.74) is 11.3. The van der Waals surface area contributed by atoms with Crippen LogP contribution in [-0.2, 0) is 6.54 Å². The van der Waals surface area contributed by atoms with Gasteiger partial charge in [-0.15, -0.1) is 0 Å². The summed E-state index contributed by atoms with van der Waals surface area (Å²) in [6.07, 6.45) is 1.06. The van der Waals surface area contributed by atoms with E-state index >= 15 is 0 Å². The molecular weight excluding hydrogens is 208 g/mol. The molecule has 0 saturated heterocycles. The van der Waals surface area contributed by atoms with Crippen molar-refractivity contribution in [3.8, 4) is 0 Å². The lowest BCUT2D eigenvalue weighted by molar-refractivity contribution is 0.240. The van der Waals surface area contributed by atoms with Crippen molar-refractivity contribution in [2.45, 2.75) is 46.7 Å². The maximum atomic E-state index is 5.61. The summed E-state index contributed by atoms with van der Waals surface area (Å²) >= 11 is 0. The molecule has 2 heteroatoms. The normalized spacial score (nSPS) is 13.1. The molecule has 0 saturated carbocycles. The molecule has 1 atom stereocenters. The first-order valence-electron chi connectivity index (χ1n) is 6.43. The standard InChI is InChI=1S/C15H26N2/c1-11-6-7-15(14(4)13(11)3)10-17(5)12(2)8-9-16/h6-7,12H,8-10,16H2,1-5H3. The molecule has 17 heavy (non-hydrogen) atoms. The van der Waals surface area contributed by atoms with Crippen molar-refractivity contribution >= 4 is 0 Å². The van der Waals surface area contributed by atoms with Gasteiger partial charge >= 0.3 is 0 Å². The van der Waals surface area contributed by atoms with E-state index in [4.69, 9.17) is 5.73 Å². The second-order valence-electron chi connectivity index (χ2n) is 5.13. The van der Waals surface area contributed by atoms with Gasteiger partial charge in [-0.25, -0.2) is 0 Å². The summed E-state index contributed by atoms with van der Waals surface area (Å²) in [5, 5.41) is 0. The highest BCUT2D eigenvalue weighted by Crippen LogP contribution is 2.19. The highest BCUT2D eigenvalue weighted by atomic mass is 15.1. The first-order valence-corrected chi connectivity index (χ1v) is 6.43. The maximum Gasteiger partial charge on any atom is 0.0236 e. The highest BCUT2D eigenvalue weighted by molar-refractivity contribution is 5.38. The van der Waals surface area contributed by atoms with Crippen LogP contribution in [0.25, 0.3) is 0 Å². The van der Waals surface area contributed by atoms with Crippen molar-refractivity contribution in [3.05, 3.63) is 34.4 Å². The summed E-state index contributed by atoms with van der Waals surface area (Å²) in [6, 6.07) is 5.02. The van der Waals surface area contributed by atoms with Crippen molar-refractivity contribution in [3.63, 3.8) is 0 Å². The Morgan fingerprint density at radius 2 is 1.82 bits per heavy atom. The Morgan fingerprint density at radius 3 is 2.41 bits per heavy atom. The number of aryl methyl sites for hydroxylation is 1. The number of nitrogens with two attached hydrogens (primary N) is 1. The van der Waals surface area contributed by atoms with Crippen LogP contribution in [0.3, 0.4) is 0 Å². The Balaban J connectivity index is 2.78. The van der Waals surface area contributed by atoms with Gasteiger partial charge in [-0.1, -0.05) is 12.1 Å². The molecule has 96 valence electrons. The summed E-state index contributed by atoms with van der Waals surface area (Å²) in [6.45, 7) is 10.6. The van der Waals surface area contributed by atoms with Crippen LogP contribution in [0.15, 0.2) is 12.1 Å². The fraction of sp³-hybridized carbons (Fsp3) is 0.600. The van der Waals surface area contributed by atoms with Gasteiger partial charge in [-0.2, -0.15) is 0 Å². The van der Waals surface area contributed by atoms with Crippen LogP contribution in [0.4, 0.5) is 0 Å². The van der Waals surface area contributed by atoms with E-state index in [2.05, 4.69) is 51.8 Å². The molecule has 1 aromatic rings. The largest absolute Gasteiger partial charge is 0.330 e. The monoisotopic (exact) mass is 234 g/mol. The van der Waals surface area contributed by atoms with Crippen molar-refractivity contribution < 1.29 is 0 Å². The zero-order chi connectivity index (χ0) is 13.0. The van der Waals surface area contributed by atoms with Crippen LogP contribution < -0.4 is 5.73 Å². The predicted octanol–water partition coefficient (Wildman–Crippen LogP) is 2.78. The highest BCUT2D eigenvalue weighted by Gasteiger charge is 2.11. The molecule has 2 nitrogen and oxygen atoms in total. The third-order valence-corrected chi connectivity index (χ3v) is 3.93. The van der Waals surface area contributed by atoms with Gasteiger partial charge in [0.1, 0.15) is 0 Å².